The molecule has 0 atom stereocenters. The molecule has 242 valence electrons. The Morgan fingerprint density at radius 1 is 0.423 bits per heavy atom. The molecule has 7 aromatic carbocycles. The second-order valence-electron chi connectivity index (χ2n) is 13.2. The number of aromatic nitrogens is 4. The standard InChI is InChI=1S/C45H24N4OS2/c1-5-13-34-31(12-1)41-35(20-19-30-27-9-2-6-14-36(27)50-42(30)41)49(34)45-47-43(25-17-21-39-32(23-25)28-10-3-7-15-37(28)51-39)46-44(48-45)26-18-22-40-33(24-26)29-11-4-8-16-38(29)52-40/h1-24H. The monoisotopic (exact) mass is 700 g/mol. The van der Waals surface area contributed by atoms with Gasteiger partial charge >= 0.3 is 0 Å². The zero-order valence-electron chi connectivity index (χ0n) is 27.4. The van der Waals surface area contributed by atoms with Crippen molar-refractivity contribution in [3.8, 4) is 28.7 Å². The maximum atomic E-state index is 6.58. The zero-order valence-corrected chi connectivity index (χ0v) is 29.0. The quantitative estimate of drug-likeness (QED) is 0.184. The number of hydrogen-bond donors (Lipinski definition) is 0. The lowest BCUT2D eigenvalue weighted by Crippen LogP contribution is -2.06. The van der Waals surface area contributed by atoms with Crippen molar-refractivity contribution in [2.75, 3.05) is 0 Å². The van der Waals surface area contributed by atoms with Crippen molar-refractivity contribution >= 4 is 107 Å². The minimum Gasteiger partial charge on any atom is -0.455 e. The van der Waals surface area contributed by atoms with Gasteiger partial charge in [0, 0.05) is 67.6 Å². The van der Waals surface area contributed by atoms with Gasteiger partial charge < -0.3 is 4.42 Å². The van der Waals surface area contributed by atoms with Crippen LogP contribution >= 0.6 is 22.7 Å². The number of furan rings is 1. The van der Waals surface area contributed by atoms with Gasteiger partial charge in [-0.25, -0.2) is 4.98 Å². The second-order valence-corrected chi connectivity index (χ2v) is 15.4. The van der Waals surface area contributed by atoms with E-state index in [1.807, 2.05) is 34.8 Å². The van der Waals surface area contributed by atoms with Crippen molar-refractivity contribution in [3.63, 3.8) is 0 Å². The average molecular weight is 701 g/mol. The van der Waals surface area contributed by atoms with Crippen LogP contribution in [0, 0.1) is 0 Å². The highest BCUT2D eigenvalue weighted by molar-refractivity contribution is 7.26. The summed E-state index contributed by atoms with van der Waals surface area (Å²) < 4.78 is 13.8. The average Bonchev–Trinajstić information content (AvgIpc) is 3.95. The van der Waals surface area contributed by atoms with E-state index in [-0.39, 0.29) is 0 Å². The third-order valence-corrected chi connectivity index (χ3v) is 12.6. The molecule has 0 aliphatic rings. The Hall–Kier alpha value is -6.41. The summed E-state index contributed by atoms with van der Waals surface area (Å²) in [5.74, 6) is 1.82. The topological polar surface area (TPSA) is 56.7 Å². The summed E-state index contributed by atoms with van der Waals surface area (Å²) in [6.07, 6.45) is 0. The maximum absolute atomic E-state index is 6.58. The van der Waals surface area contributed by atoms with Crippen molar-refractivity contribution < 1.29 is 4.42 Å². The molecule has 0 unspecified atom stereocenters. The molecule has 5 aromatic heterocycles. The van der Waals surface area contributed by atoms with E-state index in [0.717, 1.165) is 54.9 Å². The number of nitrogens with zero attached hydrogens (tertiary/aromatic N) is 4. The molecule has 0 spiro atoms. The second kappa shape index (κ2) is 10.6. The van der Waals surface area contributed by atoms with Crippen LogP contribution in [0.1, 0.15) is 0 Å². The van der Waals surface area contributed by atoms with Gasteiger partial charge in [-0.1, -0.05) is 72.8 Å². The fourth-order valence-electron chi connectivity index (χ4n) is 7.90. The van der Waals surface area contributed by atoms with E-state index in [1.54, 1.807) is 0 Å². The highest BCUT2D eigenvalue weighted by Gasteiger charge is 2.22. The van der Waals surface area contributed by atoms with Crippen LogP contribution in [0.4, 0.5) is 0 Å². The molecule has 5 heterocycles. The first kappa shape index (κ1) is 28.3. The summed E-state index contributed by atoms with van der Waals surface area (Å²) in [7, 11) is 0. The van der Waals surface area contributed by atoms with Crippen LogP contribution in [0.15, 0.2) is 150 Å². The van der Waals surface area contributed by atoms with Crippen molar-refractivity contribution in [1.82, 2.24) is 19.5 Å². The molecule has 12 rings (SSSR count). The Balaban J connectivity index is 1.16. The van der Waals surface area contributed by atoms with E-state index in [4.69, 9.17) is 19.4 Å². The summed E-state index contributed by atoms with van der Waals surface area (Å²) in [4.78, 5) is 15.8. The molecular formula is C45H24N4OS2. The fraction of sp³-hybridized carbons (Fsp3) is 0. The molecule has 12 aromatic rings. The van der Waals surface area contributed by atoms with Crippen molar-refractivity contribution in [2.24, 2.45) is 0 Å². The van der Waals surface area contributed by atoms with Gasteiger partial charge in [0.25, 0.3) is 0 Å². The molecule has 0 bridgehead atoms. The Labute approximate surface area is 303 Å². The Morgan fingerprint density at radius 3 is 1.65 bits per heavy atom. The van der Waals surface area contributed by atoms with Crippen LogP contribution in [-0.2, 0) is 0 Å². The first-order valence-electron chi connectivity index (χ1n) is 17.2. The van der Waals surface area contributed by atoms with Crippen molar-refractivity contribution in [1.29, 1.82) is 0 Å². The van der Waals surface area contributed by atoms with Gasteiger partial charge in [0.15, 0.2) is 11.6 Å². The molecule has 0 aliphatic heterocycles. The molecule has 0 N–H and O–H groups in total. The predicted molar refractivity (Wildman–Crippen MR) is 218 cm³/mol. The van der Waals surface area contributed by atoms with E-state index in [9.17, 15) is 0 Å². The Morgan fingerprint density at radius 2 is 0.981 bits per heavy atom. The fourth-order valence-corrected chi connectivity index (χ4v) is 10.1. The highest BCUT2D eigenvalue weighted by atomic mass is 32.1. The molecule has 0 radical (unpaired) electrons. The number of para-hydroxylation sites is 2. The molecule has 5 nitrogen and oxygen atoms in total. The molecular weight excluding hydrogens is 677 g/mol. The first-order valence-corrected chi connectivity index (χ1v) is 18.8. The number of rotatable bonds is 3. The van der Waals surface area contributed by atoms with Crippen molar-refractivity contribution in [2.45, 2.75) is 0 Å². The third kappa shape index (κ3) is 4.00. The van der Waals surface area contributed by atoms with Crippen LogP contribution in [0.25, 0.3) is 113 Å². The van der Waals surface area contributed by atoms with Crippen LogP contribution in [-0.4, -0.2) is 19.5 Å². The Kier molecular flexibility index (Phi) is 5.75. The maximum Gasteiger partial charge on any atom is 0.238 e. The normalized spacial score (nSPS) is 12.2. The Bertz CT molecular complexity index is 3310. The van der Waals surface area contributed by atoms with Gasteiger partial charge in [-0.2, -0.15) is 9.97 Å². The highest BCUT2D eigenvalue weighted by Crippen LogP contribution is 2.42. The summed E-state index contributed by atoms with van der Waals surface area (Å²) in [5.41, 5.74) is 5.63. The molecule has 0 saturated heterocycles. The predicted octanol–water partition coefficient (Wildman–Crippen LogP) is 12.9. The van der Waals surface area contributed by atoms with E-state index < -0.39 is 0 Å². The largest absolute Gasteiger partial charge is 0.455 e. The molecule has 0 amide bonds. The lowest BCUT2D eigenvalue weighted by atomic mass is 10.1. The summed E-state index contributed by atoms with van der Waals surface area (Å²) >= 11 is 3.62. The van der Waals surface area contributed by atoms with Gasteiger partial charge in [0.1, 0.15) is 11.2 Å². The van der Waals surface area contributed by atoms with Crippen LogP contribution in [0.2, 0.25) is 0 Å². The molecule has 7 heteroatoms. The smallest absolute Gasteiger partial charge is 0.238 e. The summed E-state index contributed by atoms with van der Waals surface area (Å²) in [5, 5.41) is 9.23. The lowest BCUT2D eigenvalue weighted by molar-refractivity contribution is 0.673. The van der Waals surface area contributed by atoms with Crippen LogP contribution in [0.5, 0.6) is 0 Å². The number of thiophene rings is 2. The van der Waals surface area contributed by atoms with E-state index in [2.05, 4.69) is 138 Å². The number of hydrogen-bond acceptors (Lipinski definition) is 6. The first-order chi connectivity index (χ1) is 25.7. The molecule has 0 saturated carbocycles. The number of benzene rings is 7. The summed E-state index contributed by atoms with van der Waals surface area (Å²) in [6.45, 7) is 0. The van der Waals surface area contributed by atoms with Gasteiger partial charge in [-0.3, -0.25) is 4.57 Å². The zero-order chi connectivity index (χ0) is 33.9. The minimum atomic E-state index is 0.562. The van der Waals surface area contributed by atoms with E-state index in [1.165, 1.54) is 40.3 Å². The van der Waals surface area contributed by atoms with Gasteiger partial charge in [-0.15, -0.1) is 22.7 Å². The van der Waals surface area contributed by atoms with E-state index >= 15 is 0 Å². The van der Waals surface area contributed by atoms with Gasteiger partial charge in [0.05, 0.1) is 16.4 Å². The summed E-state index contributed by atoms with van der Waals surface area (Å²) in [6, 6.07) is 51.3. The van der Waals surface area contributed by atoms with Crippen LogP contribution < -0.4 is 0 Å². The third-order valence-electron chi connectivity index (χ3n) is 10.3. The lowest BCUT2D eigenvalue weighted by Gasteiger charge is -2.11. The molecule has 52 heavy (non-hydrogen) atoms. The number of fused-ring (bicyclic) bond motifs is 13. The molecule has 0 aliphatic carbocycles. The molecule has 0 fully saturated rings. The van der Waals surface area contributed by atoms with Crippen LogP contribution in [0.3, 0.4) is 0 Å². The van der Waals surface area contributed by atoms with Gasteiger partial charge in [-0.05, 0) is 72.8 Å². The minimum absolute atomic E-state index is 0.562. The van der Waals surface area contributed by atoms with Gasteiger partial charge in [0.2, 0.25) is 5.95 Å². The SMILES string of the molecule is c1ccc2c(c1)oc1c2ccc2c1c1ccccc1n2-c1nc(-c2ccc3sc4ccccc4c3c2)nc(-c2ccc3sc4ccccc4c3c2)n1. The van der Waals surface area contributed by atoms with Crippen molar-refractivity contribution in [3.05, 3.63) is 146 Å². The van der Waals surface area contributed by atoms with E-state index in [0.29, 0.717) is 17.6 Å².